The van der Waals surface area contributed by atoms with Gasteiger partial charge in [-0.05, 0) is 44.2 Å². The summed E-state index contributed by atoms with van der Waals surface area (Å²) < 4.78 is 5.08. The van der Waals surface area contributed by atoms with Crippen LogP contribution in [0.4, 0.5) is 5.82 Å². The molecular formula is C16H24N2O2. The van der Waals surface area contributed by atoms with E-state index in [1.165, 1.54) is 19.3 Å². The van der Waals surface area contributed by atoms with E-state index in [-0.39, 0.29) is 5.97 Å². The van der Waals surface area contributed by atoms with Gasteiger partial charge in [-0.15, -0.1) is 0 Å². The molecule has 0 aromatic carbocycles. The number of aromatic nitrogens is 1. The number of anilines is 1. The maximum atomic E-state index is 11.9. The highest BCUT2D eigenvalue weighted by Gasteiger charge is 2.19. The molecule has 1 N–H and O–H groups in total. The van der Waals surface area contributed by atoms with E-state index in [4.69, 9.17) is 4.74 Å². The maximum absolute atomic E-state index is 11.9. The molecule has 1 aliphatic rings. The molecule has 2 unspecified atom stereocenters. The fourth-order valence-corrected chi connectivity index (χ4v) is 2.72. The zero-order valence-electron chi connectivity index (χ0n) is 12.4. The second kappa shape index (κ2) is 7.27. The highest BCUT2D eigenvalue weighted by Crippen LogP contribution is 2.25. The number of rotatable bonds is 4. The average molecular weight is 276 g/mol. The summed E-state index contributed by atoms with van der Waals surface area (Å²) in [4.78, 5) is 16.2. The minimum atomic E-state index is -0.301. The molecule has 20 heavy (non-hydrogen) atoms. The molecular weight excluding hydrogens is 252 g/mol. The van der Waals surface area contributed by atoms with Crippen LogP contribution in [-0.4, -0.2) is 23.6 Å². The molecule has 0 aliphatic heterocycles. The van der Waals surface area contributed by atoms with Crippen molar-refractivity contribution in [3.05, 3.63) is 23.9 Å². The van der Waals surface area contributed by atoms with Gasteiger partial charge in [0.25, 0.3) is 0 Å². The molecule has 4 nitrogen and oxygen atoms in total. The van der Waals surface area contributed by atoms with Crippen LogP contribution in [0.1, 0.15) is 56.3 Å². The van der Waals surface area contributed by atoms with Crippen LogP contribution in [0, 0.1) is 5.92 Å². The Morgan fingerprint density at radius 1 is 1.40 bits per heavy atom. The van der Waals surface area contributed by atoms with Crippen molar-refractivity contribution in [2.75, 3.05) is 11.9 Å². The summed E-state index contributed by atoms with van der Waals surface area (Å²) in [6.45, 7) is 4.51. The predicted molar refractivity (Wildman–Crippen MR) is 79.9 cm³/mol. The molecule has 0 saturated heterocycles. The number of carbonyl (C=O) groups excluding carboxylic acids is 1. The highest BCUT2D eigenvalue weighted by molar-refractivity contribution is 5.94. The largest absolute Gasteiger partial charge is 0.462 e. The molecule has 1 aromatic rings. The standard InChI is InChI=1S/C16H24N2O2/c1-3-20-16(19)14-8-5-11-17-15(14)18-13-7-4-6-12(2)9-10-13/h5,8,11-13H,3-4,6-7,9-10H2,1-2H3,(H,17,18). The number of esters is 1. The van der Waals surface area contributed by atoms with E-state index in [0.29, 0.717) is 24.0 Å². The summed E-state index contributed by atoms with van der Waals surface area (Å²) >= 11 is 0. The highest BCUT2D eigenvalue weighted by atomic mass is 16.5. The Morgan fingerprint density at radius 2 is 2.25 bits per heavy atom. The Hall–Kier alpha value is -1.58. The van der Waals surface area contributed by atoms with Crippen molar-refractivity contribution in [2.24, 2.45) is 5.92 Å². The van der Waals surface area contributed by atoms with E-state index < -0.39 is 0 Å². The van der Waals surface area contributed by atoms with Crippen LogP contribution in [0.5, 0.6) is 0 Å². The molecule has 1 aliphatic carbocycles. The molecule has 0 bridgehead atoms. The summed E-state index contributed by atoms with van der Waals surface area (Å²) in [5, 5.41) is 3.44. The van der Waals surface area contributed by atoms with Crippen molar-refractivity contribution in [1.29, 1.82) is 0 Å². The normalized spacial score (nSPS) is 22.9. The van der Waals surface area contributed by atoms with Gasteiger partial charge < -0.3 is 10.1 Å². The lowest BCUT2D eigenvalue weighted by atomic mass is 10.0. The van der Waals surface area contributed by atoms with E-state index in [0.717, 1.165) is 18.8 Å². The minimum absolute atomic E-state index is 0.301. The molecule has 1 saturated carbocycles. The number of hydrogen-bond acceptors (Lipinski definition) is 4. The third-order valence-corrected chi connectivity index (χ3v) is 3.90. The van der Waals surface area contributed by atoms with Crippen molar-refractivity contribution in [3.8, 4) is 0 Å². The smallest absolute Gasteiger partial charge is 0.341 e. The van der Waals surface area contributed by atoms with Gasteiger partial charge in [0, 0.05) is 12.2 Å². The Morgan fingerprint density at radius 3 is 3.05 bits per heavy atom. The second-order valence-electron chi connectivity index (χ2n) is 5.57. The third kappa shape index (κ3) is 3.95. The zero-order chi connectivity index (χ0) is 14.4. The monoisotopic (exact) mass is 276 g/mol. The molecule has 0 amide bonds. The van der Waals surface area contributed by atoms with Gasteiger partial charge in [-0.3, -0.25) is 0 Å². The lowest BCUT2D eigenvalue weighted by Crippen LogP contribution is -2.21. The number of nitrogens with zero attached hydrogens (tertiary/aromatic N) is 1. The van der Waals surface area contributed by atoms with E-state index >= 15 is 0 Å². The van der Waals surface area contributed by atoms with E-state index in [1.54, 1.807) is 18.3 Å². The van der Waals surface area contributed by atoms with Gasteiger partial charge in [-0.2, -0.15) is 0 Å². The first kappa shape index (κ1) is 14.8. The van der Waals surface area contributed by atoms with Crippen LogP contribution in [0.3, 0.4) is 0 Å². The van der Waals surface area contributed by atoms with Crippen molar-refractivity contribution in [3.63, 3.8) is 0 Å². The topological polar surface area (TPSA) is 51.2 Å². The Balaban J connectivity index is 2.06. The molecule has 2 rings (SSSR count). The number of hydrogen-bond donors (Lipinski definition) is 1. The van der Waals surface area contributed by atoms with E-state index in [9.17, 15) is 4.79 Å². The van der Waals surface area contributed by atoms with Gasteiger partial charge in [0.2, 0.25) is 0 Å². The summed E-state index contributed by atoms with van der Waals surface area (Å²) in [6, 6.07) is 3.95. The van der Waals surface area contributed by atoms with Crippen LogP contribution in [0.2, 0.25) is 0 Å². The number of nitrogens with one attached hydrogen (secondary N) is 1. The lowest BCUT2D eigenvalue weighted by Gasteiger charge is -2.18. The van der Waals surface area contributed by atoms with Crippen LogP contribution in [-0.2, 0) is 4.74 Å². The van der Waals surface area contributed by atoms with Gasteiger partial charge in [-0.25, -0.2) is 9.78 Å². The first-order chi connectivity index (χ1) is 9.70. The molecule has 0 spiro atoms. The molecule has 4 heteroatoms. The molecule has 1 fully saturated rings. The first-order valence-electron chi connectivity index (χ1n) is 7.59. The van der Waals surface area contributed by atoms with Crippen LogP contribution in [0.15, 0.2) is 18.3 Å². The lowest BCUT2D eigenvalue weighted by molar-refractivity contribution is 0.0527. The first-order valence-corrected chi connectivity index (χ1v) is 7.59. The van der Waals surface area contributed by atoms with Crippen LogP contribution in [0.25, 0.3) is 0 Å². The maximum Gasteiger partial charge on any atom is 0.341 e. The minimum Gasteiger partial charge on any atom is -0.462 e. The summed E-state index contributed by atoms with van der Waals surface area (Å²) in [5.74, 6) is 1.16. The SMILES string of the molecule is CCOC(=O)c1cccnc1NC1CCCC(C)CC1. The average Bonchev–Trinajstić information content (AvgIpc) is 2.65. The molecule has 1 heterocycles. The quantitative estimate of drug-likeness (QED) is 0.674. The number of carbonyl (C=O) groups is 1. The predicted octanol–water partition coefficient (Wildman–Crippen LogP) is 3.64. The van der Waals surface area contributed by atoms with Crippen LogP contribution >= 0.6 is 0 Å². The molecule has 1 aromatic heterocycles. The Labute approximate surface area is 120 Å². The van der Waals surface area contributed by atoms with Gasteiger partial charge >= 0.3 is 5.97 Å². The van der Waals surface area contributed by atoms with Crippen molar-refractivity contribution in [2.45, 2.75) is 52.0 Å². The van der Waals surface area contributed by atoms with Gasteiger partial charge in [0.05, 0.1) is 6.61 Å². The fraction of sp³-hybridized carbons (Fsp3) is 0.625. The Kier molecular flexibility index (Phi) is 5.39. The van der Waals surface area contributed by atoms with E-state index in [1.807, 2.05) is 6.92 Å². The number of ether oxygens (including phenoxy) is 1. The fourth-order valence-electron chi connectivity index (χ4n) is 2.72. The third-order valence-electron chi connectivity index (χ3n) is 3.90. The Bertz CT molecular complexity index is 448. The molecule has 2 atom stereocenters. The number of pyridine rings is 1. The molecule has 110 valence electrons. The van der Waals surface area contributed by atoms with Gasteiger partial charge in [-0.1, -0.05) is 19.8 Å². The van der Waals surface area contributed by atoms with Gasteiger partial charge in [0.15, 0.2) is 0 Å². The summed E-state index contributed by atoms with van der Waals surface area (Å²) in [5.41, 5.74) is 0.534. The van der Waals surface area contributed by atoms with Crippen molar-refractivity contribution >= 4 is 11.8 Å². The second-order valence-corrected chi connectivity index (χ2v) is 5.57. The summed E-state index contributed by atoms with van der Waals surface area (Å²) in [7, 11) is 0. The summed E-state index contributed by atoms with van der Waals surface area (Å²) in [6.07, 6.45) is 7.76. The van der Waals surface area contributed by atoms with Crippen LogP contribution < -0.4 is 5.32 Å². The van der Waals surface area contributed by atoms with Crippen molar-refractivity contribution < 1.29 is 9.53 Å². The van der Waals surface area contributed by atoms with E-state index in [2.05, 4.69) is 17.2 Å². The van der Waals surface area contributed by atoms with Gasteiger partial charge in [0.1, 0.15) is 11.4 Å². The van der Waals surface area contributed by atoms with Crippen molar-refractivity contribution in [1.82, 2.24) is 4.98 Å². The zero-order valence-corrected chi connectivity index (χ0v) is 12.4. The molecule has 0 radical (unpaired) electrons.